The molecule has 0 atom stereocenters. The topological polar surface area (TPSA) is 75.2 Å². The van der Waals surface area contributed by atoms with Gasteiger partial charge < -0.3 is 25.0 Å². The van der Waals surface area contributed by atoms with Gasteiger partial charge in [0.15, 0.2) is 12.6 Å². The number of hydrogen-bond donors (Lipinski definition) is 2. The average Bonchev–Trinajstić information content (AvgIpc) is 2.64. The van der Waals surface area contributed by atoms with E-state index in [9.17, 15) is 4.79 Å². The Hall–Kier alpha value is -1.55. The third-order valence-corrected chi connectivity index (χ3v) is 3.82. The molecule has 0 bridgehead atoms. The van der Waals surface area contributed by atoms with Crippen LogP contribution in [0.25, 0.3) is 0 Å². The third kappa shape index (κ3) is 12.0. The highest BCUT2D eigenvalue weighted by Gasteiger charge is 2.05. The van der Waals surface area contributed by atoms with E-state index < -0.39 is 0 Å². The molecule has 2 N–H and O–H groups in total. The van der Waals surface area contributed by atoms with Gasteiger partial charge in [0, 0.05) is 40.8 Å². The van der Waals surface area contributed by atoms with Crippen molar-refractivity contribution in [1.82, 2.24) is 15.5 Å². The molecule has 160 valence electrons. The van der Waals surface area contributed by atoms with Gasteiger partial charge in [-0.3, -0.25) is 9.79 Å². The summed E-state index contributed by atoms with van der Waals surface area (Å²) in [5.74, 6) is 1.98. The maximum Gasteiger partial charge on any atom is 0.259 e. The minimum Gasteiger partial charge on any atom is -0.484 e. The Morgan fingerprint density at radius 1 is 1.21 bits per heavy atom. The lowest BCUT2D eigenvalue weighted by molar-refractivity contribution is -0.130. The van der Waals surface area contributed by atoms with Gasteiger partial charge in [0.1, 0.15) is 5.75 Å². The Morgan fingerprint density at radius 2 is 1.96 bits per heavy atom. The van der Waals surface area contributed by atoms with Gasteiger partial charge in [-0.25, -0.2) is 0 Å². The second kappa shape index (κ2) is 15.4. The summed E-state index contributed by atoms with van der Waals surface area (Å²) >= 11 is 0. The van der Waals surface area contributed by atoms with Crippen LogP contribution in [0.3, 0.4) is 0 Å². The Kier molecular flexibility index (Phi) is 14.5. The molecule has 0 unspecified atom stereocenters. The first-order valence-corrected chi connectivity index (χ1v) is 9.36. The molecule has 0 saturated heterocycles. The minimum absolute atomic E-state index is 0. The van der Waals surface area contributed by atoms with Crippen LogP contribution in [0.4, 0.5) is 0 Å². The number of rotatable bonds is 11. The predicted octanol–water partition coefficient (Wildman–Crippen LogP) is 2.50. The number of carbonyl (C=O) groups excluding carboxylic acids is 1. The fraction of sp³-hybridized carbons (Fsp3) is 0.600. The number of hydrogen-bond acceptors (Lipinski definition) is 4. The summed E-state index contributed by atoms with van der Waals surface area (Å²) in [6.07, 6.45) is 1.07. The molecule has 0 fully saturated rings. The standard InChI is InChI=1S/C20H34N4O3.HI/c1-16(2)9-11-26-12-10-22-20(21-3)23-14-17-7-6-8-18(13-17)27-15-19(25)24(4)5;/h6-8,13,16H,9-12,14-15H2,1-5H3,(H2,21,22,23);1H. The first-order valence-electron chi connectivity index (χ1n) is 9.36. The quantitative estimate of drug-likeness (QED) is 0.209. The van der Waals surface area contributed by atoms with E-state index in [0.717, 1.165) is 24.6 Å². The highest BCUT2D eigenvalue weighted by Crippen LogP contribution is 2.13. The molecule has 1 aromatic rings. The molecule has 8 heteroatoms. The predicted molar refractivity (Wildman–Crippen MR) is 125 cm³/mol. The smallest absolute Gasteiger partial charge is 0.259 e. The van der Waals surface area contributed by atoms with Crippen LogP contribution >= 0.6 is 24.0 Å². The van der Waals surface area contributed by atoms with E-state index in [1.807, 2.05) is 24.3 Å². The monoisotopic (exact) mass is 506 g/mol. The van der Waals surface area contributed by atoms with Crippen LogP contribution in [0.15, 0.2) is 29.3 Å². The number of likely N-dealkylation sites (N-methyl/N-ethyl adjacent to an activating group) is 1. The second-order valence-corrected chi connectivity index (χ2v) is 6.87. The molecule has 0 aromatic heterocycles. The second-order valence-electron chi connectivity index (χ2n) is 6.87. The summed E-state index contributed by atoms with van der Waals surface area (Å²) in [5.41, 5.74) is 1.04. The van der Waals surface area contributed by atoms with E-state index in [0.29, 0.717) is 31.4 Å². The molecule has 0 radical (unpaired) electrons. The van der Waals surface area contributed by atoms with E-state index in [4.69, 9.17) is 9.47 Å². The van der Waals surface area contributed by atoms with Gasteiger partial charge in [-0.1, -0.05) is 26.0 Å². The van der Waals surface area contributed by atoms with Crippen molar-refractivity contribution < 1.29 is 14.3 Å². The maximum absolute atomic E-state index is 11.6. The van der Waals surface area contributed by atoms with Crippen molar-refractivity contribution in [2.24, 2.45) is 10.9 Å². The van der Waals surface area contributed by atoms with Crippen LogP contribution in [-0.2, 0) is 16.1 Å². The molecular weight excluding hydrogens is 471 g/mol. The van der Waals surface area contributed by atoms with Crippen LogP contribution in [-0.4, -0.2) is 64.3 Å². The highest BCUT2D eigenvalue weighted by atomic mass is 127. The van der Waals surface area contributed by atoms with Crippen molar-refractivity contribution in [3.8, 4) is 5.75 Å². The first kappa shape index (κ1) is 26.4. The maximum atomic E-state index is 11.6. The zero-order chi connectivity index (χ0) is 20.1. The molecular formula is C20H35IN4O3. The molecule has 0 heterocycles. The van der Waals surface area contributed by atoms with Crippen LogP contribution < -0.4 is 15.4 Å². The van der Waals surface area contributed by atoms with Crippen molar-refractivity contribution in [1.29, 1.82) is 0 Å². The van der Waals surface area contributed by atoms with E-state index in [1.54, 1.807) is 21.1 Å². The highest BCUT2D eigenvalue weighted by molar-refractivity contribution is 14.0. The first-order chi connectivity index (χ1) is 12.9. The lowest BCUT2D eigenvalue weighted by atomic mass is 10.1. The molecule has 0 spiro atoms. The molecule has 0 aliphatic heterocycles. The van der Waals surface area contributed by atoms with Crippen molar-refractivity contribution in [2.75, 3.05) is 47.5 Å². The van der Waals surface area contributed by atoms with Gasteiger partial charge in [0.05, 0.1) is 6.61 Å². The Labute approximate surface area is 186 Å². The number of halogens is 1. The SMILES string of the molecule is CN=C(NCCOCCC(C)C)NCc1cccc(OCC(=O)N(C)C)c1.I. The van der Waals surface area contributed by atoms with Gasteiger partial charge in [-0.15, -0.1) is 24.0 Å². The number of ether oxygens (including phenoxy) is 2. The Bertz CT molecular complexity index is 595. The summed E-state index contributed by atoms with van der Waals surface area (Å²) < 4.78 is 11.1. The molecule has 1 rings (SSSR count). The lowest BCUT2D eigenvalue weighted by Gasteiger charge is -2.14. The fourth-order valence-corrected chi connectivity index (χ4v) is 2.09. The number of aliphatic imine (C=N–C) groups is 1. The van der Waals surface area contributed by atoms with Crippen molar-refractivity contribution in [3.05, 3.63) is 29.8 Å². The van der Waals surface area contributed by atoms with Gasteiger partial charge >= 0.3 is 0 Å². The molecule has 1 amide bonds. The summed E-state index contributed by atoms with van der Waals surface area (Å²) in [7, 11) is 5.15. The van der Waals surface area contributed by atoms with E-state index in [1.165, 1.54) is 4.90 Å². The third-order valence-electron chi connectivity index (χ3n) is 3.82. The zero-order valence-electron chi connectivity index (χ0n) is 17.7. The van der Waals surface area contributed by atoms with E-state index >= 15 is 0 Å². The van der Waals surface area contributed by atoms with Gasteiger partial charge in [-0.05, 0) is 30.0 Å². The van der Waals surface area contributed by atoms with E-state index in [-0.39, 0.29) is 36.5 Å². The van der Waals surface area contributed by atoms with Gasteiger partial charge in [0.2, 0.25) is 0 Å². The fourth-order valence-electron chi connectivity index (χ4n) is 2.09. The number of nitrogens with zero attached hydrogens (tertiary/aromatic N) is 2. The normalized spacial score (nSPS) is 11.0. The van der Waals surface area contributed by atoms with Crippen molar-refractivity contribution in [2.45, 2.75) is 26.8 Å². The van der Waals surface area contributed by atoms with Crippen LogP contribution in [0.2, 0.25) is 0 Å². The number of benzene rings is 1. The molecule has 0 aliphatic rings. The Balaban J connectivity index is 0.00000729. The summed E-state index contributed by atoms with van der Waals surface area (Å²) in [6, 6.07) is 7.66. The van der Waals surface area contributed by atoms with Crippen LogP contribution in [0, 0.1) is 5.92 Å². The molecule has 0 aliphatic carbocycles. The van der Waals surface area contributed by atoms with Crippen LogP contribution in [0.5, 0.6) is 5.75 Å². The summed E-state index contributed by atoms with van der Waals surface area (Å²) in [4.78, 5) is 17.3. The average molecular weight is 506 g/mol. The number of guanidine groups is 1. The lowest BCUT2D eigenvalue weighted by Crippen LogP contribution is -2.38. The minimum atomic E-state index is -0.0706. The number of carbonyl (C=O) groups is 1. The molecule has 0 saturated carbocycles. The molecule has 7 nitrogen and oxygen atoms in total. The Morgan fingerprint density at radius 3 is 2.61 bits per heavy atom. The zero-order valence-corrected chi connectivity index (χ0v) is 20.0. The molecule has 1 aromatic carbocycles. The van der Waals surface area contributed by atoms with Crippen molar-refractivity contribution in [3.63, 3.8) is 0 Å². The largest absolute Gasteiger partial charge is 0.484 e. The number of nitrogens with one attached hydrogen (secondary N) is 2. The summed E-state index contributed by atoms with van der Waals surface area (Å²) in [6.45, 7) is 7.15. The number of amides is 1. The van der Waals surface area contributed by atoms with Gasteiger partial charge in [-0.2, -0.15) is 0 Å². The van der Waals surface area contributed by atoms with Crippen molar-refractivity contribution >= 4 is 35.8 Å². The van der Waals surface area contributed by atoms with Gasteiger partial charge in [0.25, 0.3) is 5.91 Å². The summed E-state index contributed by atoms with van der Waals surface area (Å²) in [5, 5.41) is 6.49. The molecule has 28 heavy (non-hydrogen) atoms. The van der Waals surface area contributed by atoms with Crippen LogP contribution in [0.1, 0.15) is 25.8 Å². The van der Waals surface area contributed by atoms with E-state index in [2.05, 4.69) is 29.5 Å².